The number of pyridine rings is 2. The van der Waals surface area contributed by atoms with Gasteiger partial charge in [0.1, 0.15) is 11.9 Å². The van der Waals surface area contributed by atoms with E-state index in [1.165, 1.54) is 17.5 Å². The fraction of sp³-hybridized carbons (Fsp3) is 0.208. The van der Waals surface area contributed by atoms with Crippen LogP contribution < -0.4 is 4.72 Å². The first-order valence-electron chi connectivity index (χ1n) is 9.73. The maximum absolute atomic E-state index is 9.52. The van der Waals surface area contributed by atoms with E-state index < -0.39 is 0 Å². The number of hydrogen-bond acceptors (Lipinski definition) is 5. The van der Waals surface area contributed by atoms with Crippen molar-refractivity contribution in [3.63, 3.8) is 0 Å². The Hall–Kier alpha value is -3.30. The van der Waals surface area contributed by atoms with Crippen molar-refractivity contribution in [2.24, 2.45) is 0 Å². The Morgan fingerprint density at radius 1 is 1.03 bits per heavy atom. The average Bonchev–Trinajstić information content (AvgIpc) is 3.17. The quantitative estimate of drug-likeness (QED) is 0.416. The largest absolute Gasteiger partial charge is 0.310 e. The van der Waals surface area contributed by atoms with Crippen LogP contribution in [0.25, 0.3) is 16.8 Å². The third-order valence-corrected chi connectivity index (χ3v) is 5.73. The summed E-state index contributed by atoms with van der Waals surface area (Å²) in [7, 11) is 0. The maximum Gasteiger partial charge on any atom is 0.138 e. The molecule has 0 aliphatic rings. The molecule has 0 aliphatic heterocycles. The van der Waals surface area contributed by atoms with Crippen molar-refractivity contribution in [2.45, 2.75) is 38.0 Å². The molecule has 3 heterocycles. The highest BCUT2D eigenvalue weighted by molar-refractivity contribution is 8.00. The second kappa shape index (κ2) is 7.85. The molecule has 5 nitrogen and oxygen atoms in total. The summed E-state index contributed by atoms with van der Waals surface area (Å²) < 4.78 is 5.17. The van der Waals surface area contributed by atoms with Crippen LogP contribution in [0.4, 0.5) is 5.82 Å². The molecule has 4 rings (SSSR count). The van der Waals surface area contributed by atoms with E-state index in [9.17, 15) is 5.26 Å². The van der Waals surface area contributed by atoms with Crippen LogP contribution in [0.2, 0.25) is 0 Å². The van der Waals surface area contributed by atoms with E-state index in [0.29, 0.717) is 5.56 Å². The van der Waals surface area contributed by atoms with Gasteiger partial charge in [-0.1, -0.05) is 32.9 Å². The van der Waals surface area contributed by atoms with Gasteiger partial charge in [-0.25, -0.2) is 4.52 Å². The highest BCUT2D eigenvalue weighted by Gasteiger charge is 2.14. The van der Waals surface area contributed by atoms with Crippen molar-refractivity contribution < 1.29 is 0 Å². The molecular formula is C24H23N5S. The Morgan fingerprint density at radius 3 is 2.47 bits per heavy atom. The number of benzene rings is 1. The molecule has 0 saturated heterocycles. The molecule has 0 atom stereocenters. The molecule has 0 radical (unpaired) electrons. The van der Waals surface area contributed by atoms with Crippen LogP contribution in [0.5, 0.6) is 0 Å². The summed E-state index contributed by atoms with van der Waals surface area (Å²) in [6.07, 6.45) is 3.61. The van der Waals surface area contributed by atoms with E-state index in [1.807, 2.05) is 37.4 Å². The zero-order valence-corrected chi connectivity index (χ0v) is 18.3. The number of fused-ring (bicyclic) bond motifs is 1. The van der Waals surface area contributed by atoms with E-state index in [0.717, 1.165) is 33.1 Å². The van der Waals surface area contributed by atoms with E-state index in [2.05, 4.69) is 60.8 Å². The third kappa shape index (κ3) is 4.03. The van der Waals surface area contributed by atoms with Gasteiger partial charge in [-0.3, -0.25) is 4.98 Å². The Kier molecular flexibility index (Phi) is 5.23. The second-order valence-electron chi connectivity index (χ2n) is 8.30. The number of nitrogens with one attached hydrogen (secondary N) is 1. The van der Waals surface area contributed by atoms with E-state index in [4.69, 9.17) is 5.10 Å². The first kappa shape index (κ1) is 20.0. The molecule has 3 aromatic heterocycles. The van der Waals surface area contributed by atoms with E-state index in [-0.39, 0.29) is 5.41 Å². The number of rotatable bonds is 4. The topological polar surface area (TPSA) is 66.0 Å². The van der Waals surface area contributed by atoms with Crippen molar-refractivity contribution >= 4 is 23.3 Å². The second-order valence-corrected chi connectivity index (χ2v) is 9.18. The molecule has 1 N–H and O–H groups in total. The molecule has 0 amide bonds. The summed E-state index contributed by atoms with van der Waals surface area (Å²) in [4.78, 5) is 5.37. The molecule has 0 spiro atoms. The van der Waals surface area contributed by atoms with Gasteiger partial charge in [0.25, 0.3) is 0 Å². The number of aromatic nitrogens is 3. The highest BCUT2D eigenvalue weighted by Crippen LogP contribution is 2.29. The van der Waals surface area contributed by atoms with Crippen LogP contribution in [0.15, 0.2) is 65.8 Å². The highest BCUT2D eigenvalue weighted by atomic mass is 32.2. The van der Waals surface area contributed by atoms with Crippen molar-refractivity contribution in [1.82, 2.24) is 14.6 Å². The number of nitrogens with zero attached hydrogens (tertiary/aromatic N) is 4. The lowest BCUT2D eigenvalue weighted by molar-refractivity contribution is 0.590. The van der Waals surface area contributed by atoms with Gasteiger partial charge in [0.05, 0.1) is 16.8 Å². The van der Waals surface area contributed by atoms with E-state index in [1.54, 1.807) is 10.7 Å². The van der Waals surface area contributed by atoms with Crippen LogP contribution in [0.1, 0.15) is 37.5 Å². The monoisotopic (exact) mass is 413 g/mol. The summed E-state index contributed by atoms with van der Waals surface area (Å²) in [5.74, 6) is 0.806. The zero-order chi connectivity index (χ0) is 21.3. The normalized spacial score (nSPS) is 11.4. The lowest BCUT2D eigenvalue weighted by Gasteiger charge is -2.19. The first-order chi connectivity index (χ1) is 14.3. The molecule has 4 aromatic rings. The molecule has 150 valence electrons. The fourth-order valence-corrected chi connectivity index (χ4v) is 3.87. The summed E-state index contributed by atoms with van der Waals surface area (Å²) >= 11 is 1.52. The predicted molar refractivity (Wildman–Crippen MR) is 122 cm³/mol. The van der Waals surface area contributed by atoms with Crippen molar-refractivity contribution in [3.8, 4) is 17.3 Å². The van der Waals surface area contributed by atoms with Gasteiger partial charge in [-0.05, 0) is 71.8 Å². The number of aryl methyl sites for hydroxylation is 1. The van der Waals surface area contributed by atoms with Crippen LogP contribution >= 0.6 is 11.9 Å². The van der Waals surface area contributed by atoms with Gasteiger partial charge in [0.15, 0.2) is 0 Å². The van der Waals surface area contributed by atoms with Gasteiger partial charge in [0, 0.05) is 22.9 Å². The summed E-state index contributed by atoms with van der Waals surface area (Å²) in [6.45, 7) is 8.63. The van der Waals surface area contributed by atoms with Crippen molar-refractivity contribution in [3.05, 3.63) is 77.6 Å². The first-order valence-corrected chi connectivity index (χ1v) is 10.5. The van der Waals surface area contributed by atoms with Crippen molar-refractivity contribution in [2.75, 3.05) is 4.72 Å². The molecule has 0 aliphatic carbocycles. The molecular weight excluding hydrogens is 390 g/mol. The SMILES string of the molecule is Cc1cncc(-c2cc3c(C#N)ccc(NSc4ccc(C(C)(C)C)cc4)n3n2)c1. The van der Waals surface area contributed by atoms with Crippen molar-refractivity contribution in [1.29, 1.82) is 5.26 Å². The van der Waals surface area contributed by atoms with Crippen LogP contribution in [0.3, 0.4) is 0 Å². The zero-order valence-electron chi connectivity index (χ0n) is 17.5. The lowest BCUT2D eigenvalue weighted by Crippen LogP contribution is -2.10. The molecule has 1 aromatic carbocycles. The molecule has 0 saturated carbocycles. The minimum absolute atomic E-state index is 0.131. The third-order valence-electron chi connectivity index (χ3n) is 4.91. The van der Waals surface area contributed by atoms with Crippen LogP contribution in [0, 0.1) is 18.3 Å². The maximum atomic E-state index is 9.52. The average molecular weight is 414 g/mol. The smallest absolute Gasteiger partial charge is 0.138 e. The molecule has 0 fully saturated rings. The Labute approximate surface area is 180 Å². The fourth-order valence-electron chi connectivity index (χ4n) is 3.22. The predicted octanol–water partition coefficient (Wildman–Crippen LogP) is 5.99. The molecule has 0 bridgehead atoms. The number of anilines is 1. The van der Waals surface area contributed by atoms with Gasteiger partial charge in [-0.2, -0.15) is 10.4 Å². The van der Waals surface area contributed by atoms with Crippen LogP contribution in [-0.4, -0.2) is 14.6 Å². The Morgan fingerprint density at radius 2 is 1.80 bits per heavy atom. The Bertz CT molecular complexity index is 1240. The summed E-state index contributed by atoms with van der Waals surface area (Å²) in [5, 5.41) is 14.3. The lowest BCUT2D eigenvalue weighted by atomic mass is 9.87. The van der Waals surface area contributed by atoms with Gasteiger partial charge >= 0.3 is 0 Å². The summed E-state index contributed by atoms with van der Waals surface area (Å²) in [6, 6.07) is 18.5. The van der Waals surface area contributed by atoms with Crippen LogP contribution in [-0.2, 0) is 5.41 Å². The number of hydrogen-bond donors (Lipinski definition) is 1. The molecule has 6 heteroatoms. The molecule has 30 heavy (non-hydrogen) atoms. The number of nitriles is 1. The molecule has 0 unspecified atom stereocenters. The van der Waals surface area contributed by atoms with Gasteiger partial charge < -0.3 is 4.72 Å². The summed E-state index contributed by atoms with van der Waals surface area (Å²) in [5.41, 5.74) is 5.57. The van der Waals surface area contributed by atoms with E-state index >= 15 is 0 Å². The standard InChI is InChI=1S/C24H23N5S/c1-16-11-18(15-26-14-16)21-12-22-17(13-25)5-10-23(29(22)27-21)28-30-20-8-6-19(7-9-20)24(2,3)4/h5-12,14-15,28H,1-4H3. The minimum Gasteiger partial charge on any atom is -0.310 e. The van der Waals surface area contributed by atoms with Gasteiger partial charge in [0.2, 0.25) is 0 Å². The van der Waals surface area contributed by atoms with Gasteiger partial charge in [-0.15, -0.1) is 0 Å². The minimum atomic E-state index is 0.131. The Balaban J connectivity index is 1.65.